The molecule has 4 nitrogen and oxygen atoms in total. The maximum atomic E-state index is 10.9. The molecule has 26 heavy (non-hydrogen) atoms. The van der Waals surface area contributed by atoms with Crippen LogP contribution in [0.1, 0.15) is 25.8 Å². The molecule has 1 aliphatic rings. The predicted octanol–water partition coefficient (Wildman–Crippen LogP) is 3.89. The topological polar surface area (TPSA) is 58.9 Å². The minimum atomic E-state index is -0.619. The standard InChI is InChI=1S/C21H26O4S/c1-15(13-22)20(23)21(2,26-17-6-4-3-5-7-17)11-10-16-8-9-18-19(12-16)25-14-24-18/h3-9,12,15,20,22-23H,10-11,13-14H2,1-2H3/t15-,20-,21-/m0/s1. The summed E-state index contributed by atoms with van der Waals surface area (Å²) in [5.74, 6) is 1.38. The fraction of sp³-hybridized carbons (Fsp3) is 0.429. The Balaban J connectivity index is 1.76. The lowest BCUT2D eigenvalue weighted by molar-refractivity contribution is 0.0477. The Bertz CT molecular complexity index is 721. The van der Waals surface area contributed by atoms with Crippen molar-refractivity contribution in [2.24, 2.45) is 5.92 Å². The van der Waals surface area contributed by atoms with Gasteiger partial charge in [0.1, 0.15) is 0 Å². The Hall–Kier alpha value is -1.69. The molecule has 1 heterocycles. The SMILES string of the molecule is C[C@@H](CO)[C@H](O)[C@](C)(CCc1ccc2c(c1)OCO2)Sc1ccccc1. The first-order valence-corrected chi connectivity index (χ1v) is 9.75. The molecule has 2 N–H and O–H groups in total. The summed E-state index contributed by atoms with van der Waals surface area (Å²) in [5.41, 5.74) is 1.15. The molecule has 3 atom stereocenters. The molecule has 0 saturated heterocycles. The summed E-state index contributed by atoms with van der Waals surface area (Å²) in [4.78, 5) is 1.12. The third-order valence-corrected chi connectivity index (χ3v) is 6.31. The van der Waals surface area contributed by atoms with Gasteiger partial charge in [-0.1, -0.05) is 31.2 Å². The number of hydrogen-bond acceptors (Lipinski definition) is 5. The van der Waals surface area contributed by atoms with E-state index in [1.807, 2.05) is 43.3 Å². The van der Waals surface area contributed by atoms with E-state index >= 15 is 0 Å². The van der Waals surface area contributed by atoms with E-state index in [1.54, 1.807) is 11.8 Å². The highest BCUT2D eigenvalue weighted by Gasteiger charge is 2.37. The molecule has 5 heteroatoms. The normalized spacial score (nSPS) is 17.5. The summed E-state index contributed by atoms with van der Waals surface area (Å²) in [6.07, 6.45) is 0.964. The maximum absolute atomic E-state index is 10.9. The average molecular weight is 375 g/mol. The predicted molar refractivity (Wildman–Crippen MR) is 104 cm³/mol. The van der Waals surface area contributed by atoms with Gasteiger partial charge in [0.05, 0.1) is 6.10 Å². The van der Waals surface area contributed by atoms with Crippen molar-refractivity contribution in [3.63, 3.8) is 0 Å². The molecule has 0 radical (unpaired) electrons. The second kappa shape index (κ2) is 8.33. The molecule has 0 spiro atoms. The van der Waals surface area contributed by atoms with E-state index < -0.39 is 10.9 Å². The Morgan fingerprint density at radius 3 is 2.58 bits per heavy atom. The molecule has 0 aliphatic carbocycles. The second-order valence-corrected chi connectivity index (χ2v) is 8.63. The van der Waals surface area contributed by atoms with Crippen LogP contribution in [0.5, 0.6) is 11.5 Å². The Morgan fingerprint density at radius 2 is 1.85 bits per heavy atom. The van der Waals surface area contributed by atoms with Crippen LogP contribution in [0.15, 0.2) is 53.4 Å². The van der Waals surface area contributed by atoms with E-state index in [1.165, 1.54) is 0 Å². The largest absolute Gasteiger partial charge is 0.454 e. The zero-order valence-electron chi connectivity index (χ0n) is 15.2. The lowest BCUT2D eigenvalue weighted by Gasteiger charge is -2.37. The van der Waals surface area contributed by atoms with Crippen molar-refractivity contribution in [2.45, 2.75) is 42.4 Å². The zero-order chi connectivity index (χ0) is 18.6. The minimum absolute atomic E-state index is 0.0316. The van der Waals surface area contributed by atoms with Crippen LogP contribution < -0.4 is 9.47 Å². The lowest BCUT2D eigenvalue weighted by atomic mass is 9.88. The second-order valence-electron chi connectivity index (χ2n) is 7.02. The van der Waals surface area contributed by atoms with E-state index in [-0.39, 0.29) is 19.3 Å². The molecular weight excluding hydrogens is 348 g/mol. The summed E-state index contributed by atoms with van der Waals surface area (Å²) >= 11 is 1.67. The first-order valence-electron chi connectivity index (χ1n) is 8.93. The Kier molecular flexibility index (Phi) is 6.12. The monoisotopic (exact) mass is 374 g/mol. The number of fused-ring (bicyclic) bond motifs is 1. The highest BCUT2D eigenvalue weighted by Crippen LogP contribution is 2.42. The van der Waals surface area contributed by atoms with Crippen LogP contribution in [-0.2, 0) is 6.42 Å². The van der Waals surface area contributed by atoms with Gasteiger partial charge in [-0.15, -0.1) is 11.8 Å². The molecular formula is C21H26O4S. The third kappa shape index (κ3) is 4.34. The van der Waals surface area contributed by atoms with Crippen molar-refractivity contribution in [2.75, 3.05) is 13.4 Å². The molecule has 0 amide bonds. The highest BCUT2D eigenvalue weighted by molar-refractivity contribution is 8.00. The summed E-state index contributed by atoms with van der Waals surface area (Å²) in [6.45, 7) is 4.20. The minimum Gasteiger partial charge on any atom is -0.454 e. The molecule has 140 valence electrons. The number of aryl methyl sites for hydroxylation is 1. The molecule has 1 aliphatic heterocycles. The van der Waals surface area contributed by atoms with Gasteiger partial charge in [-0.3, -0.25) is 0 Å². The van der Waals surface area contributed by atoms with E-state index in [0.29, 0.717) is 0 Å². The van der Waals surface area contributed by atoms with Gasteiger partial charge < -0.3 is 19.7 Å². The number of aliphatic hydroxyl groups excluding tert-OH is 2. The molecule has 3 rings (SSSR count). The van der Waals surface area contributed by atoms with Gasteiger partial charge in [0.15, 0.2) is 11.5 Å². The number of benzene rings is 2. The number of aliphatic hydroxyl groups is 2. The summed E-state index contributed by atoms with van der Waals surface area (Å²) in [5, 5.41) is 20.4. The lowest BCUT2D eigenvalue weighted by Crippen LogP contribution is -2.42. The van der Waals surface area contributed by atoms with Gasteiger partial charge in [-0.25, -0.2) is 0 Å². The van der Waals surface area contributed by atoms with Crippen LogP contribution in [0.25, 0.3) is 0 Å². The third-order valence-electron chi connectivity index (χ3n) is 4.89. The van der Waals surface area contributed by atoms with Crippen LogP contribution in [0.3, 0.4) is 0 Å². The molecule has 2 aromatic carbocycles. The molecule has 0 fully saturated rings. The van der Waals surface area contributed by atoms with Gasteiger partial charge in [-0.05, 0) is 49.6 Å². The molecule has 0 aromatic heterocycles. The summed E-state index contributed by atoms with van der Waals surface area (Å²) < 4.78 is 10.4. The van der Waals surface area contributed by atoms with E-state index in [0.717, 1.165) is 34.8 Å². The fourth-order valence-corrected chi connectivity index (χ4v) is 4.60. The number of thioether (sulfide) groups is 1. The number of ether oxygens (including phenoxy) is 2. The van der Waals surface area contributed by atoms with Gasteiger partial charge in [0, 0.05) is 22.2 Å². The van der Waals surface area contributed by atoms with Crippen LogP contribution in [0.2, 0.25) is 0 Å². The van der Waals surface area contributed by atoms with Crippen LogP contribution in [0, 0.1) is 5.92 Å². The first-order chi connectivity index (χ1) is 12.5. The van der Waals surface area contributed by atoms with Crippen molar-refractivity contribution in [1.29, 1.82) is 0 Å². The molecule has 0 saturated carbocycles. The summed E-state index contributed by atoms with van der Waals surface area (Å²) in [6, 6.07) is 16.1. The van der Waals surface area contributed by atoms with Crippen LogP contribution >= 0.6 is 11.8 Å². The maximum Gasteiger partial charge on any atom is 0.231 e. The van der Waals surface area contributed by atoms with E-state index in [4.69, 9.17) is 9.47 Å². The van der Waals surface area contributed by atoms with Gasteiger partial charge in [0.2, 0.25) is 6.79 Å². The van der Waals surface area contributed by atoms with Gasteiger partial charge >= 0.3 is 0 Å². The van der Waals surface area contributed by atoms with Crippen molar-refractivity contribution in [3.05, 3.63) is 54.1 Å². The highest BCUT2D eigenvalue weighted by atomic mass is 32.2. The Labute approximate surface area is 159 Å². The molecule has 0 unspecified atom stereocenters. The number of hydrogen-bond donors (Lipinski definition) is 2. The summed E-state index contributed by atoms with van der Waals surface area (Å²) in [7, 11) is 0. The molecule has 2 aromatic rings. The van der Waals surface area contributed by atoms with Crippen molar-refractivity contribution in [3.8, 4) is 11.5 Å². The van der Waals surface area contributed by atoms with E-state index in [9.17, 15) is 10.2 Å². The van der Waals surface area contributed by atoms with Crippen molar-refractivity contribution < 1.29 is 19.7 Å². The average Bonchev–Trinajstić information content (AvgIpc) is 3.13. The van der Waals surface area contributed by atoms with Gasteiger partial charge in [-0.2, -0.15) is 0 Å². The number of rotatable bonds is 8. The van der Waals surface area contributed by atoms with Gasteiger partial charge in [0.25, 0.3) is 0 Å². The van der Waals surface area contributed by atoms with E-state index in [2.05, 4.69) is 19.1 Å². The van der Waals surface area contributed by atoms with Crippen LogP contribution in [0.4, 0.5) is 0 Å². The fourth-order valence-electron chi connectivity index (χ4n) is 3.21. The van der Waals surface area contributed by atoms with Crippen molar-refractivity contribution >= 4 is 11.8 Å². The zero-order valence-corrected chi connectivity index (χ0v) is 16.0. The van der Waals surface area contributed by atoms with Crippen LogP contribution in [-0.4, -0.2) is 34.5 Å². The molecule has 0 bridgehead atoms. The smallest absolute Gasteiger partial charge is 0.231 e. The first kappa shape index (κ1) is 19.1. The quantitative estimate of drug-likeness (QED) is 0.687. The van der Waals surface area contributed by atoms with Crippen molar-refractivity contribution in [1.82, 2.24) is 0 Å². The Morgan fingerprint density at radius 1 is 1.12 bits per heavy atom.